The molecule has 6 heteroatoms. The van der Waals surface area contributed by atoms with Gasteiger partial charge in [0.1, 0.15) is 0 Å². The maximum Gasteiger partial charge on any atom is 0.305 e. The number of hydrogen-bond acceptors (Lipinski definition) is 5. The van der Waals surface area contributed by atoms with E-state index in [0.29, 0.717) is 25.9 Å². The molecule has 0 aliphatic carbocycles. The second-order valence-corrected chi connectivity index (χ2v) is 23.9. The fourth-order valence-electron chi connectivity index (χ4n) is 10.8. The number of allylic oxidation sites excluding steroid dienone is 6. The second-order valence-electron chi connectivity index (χ2n) is 23.9. The highest BCUT2D eigenvalue weighted by atomic mass is 16.5. The number of aliphatic hydroxyl groups excluding tert-OH is 2. The quantitative estimate of drug-likeness (QED) is 0.0320. The van der Waals surface area contributed by atoms with Crippen LogP contribution in [0.15, 0.2) is 36.5 Å². The third-order valence-corrected chi connectivity index (χ3v) is 16.2. The number of aliphatic hydroxyl groups is 2. The fourth-order valence-corrected chi connectivity index (χ4v) is 10.8. The summed E-state index contributed by atoms with van der Waals surface area (Å²) < 4.78 is 5.50. The first kappa shape index (κ1) is 75.1. The molecule has 0 bridgehead atoms. The number of amides is 1. The third kappa shape index (κ3) is 63.1. The number of esters is 1. The first-order valence-electron chi connectivity index (χ1n) is 34.7. The van der Waals surface area contributed by atoms with Crippen molar-refractivity contribution in [2.24, 2.45) is 0 Å². The van der Waals surface area contributed by atoms with Gasteiger partial charge in [-0.05, 0) is 83.5 Å². The Kier molecular flexibility index (Phi) is 64.9. The molecular formula is C71H135NO5. The molecule has 1 amide bonds. The highest BCUT2D eigenvalue weighted by molar-refractivity contribution is 5.76. The largest absolute Gasteiger partial charge is 0.466 e. The van der Waals surface area contributed by atoms with E-state index in [1.54, 1.807) is 0 Å². The van der Waals surface area contributed by atoms with Gasteiger partial charge in [-0.2, -0.15) is 0 Å². The Bertz CT molecular complexity index is 1250. The molecule has 0 aromatic rings. The van der Waals surface area contributed by atoms with Gasteiger partial charge in [0.2, 0.25) is 5.91 Å². The molecule has 0 saturated heterocycles. The van der Waals surface area contributed by atoms with Crippen LogP contribution in [0.2, 0.25) is 0 Å². The second kappa shape index (κ2) is 66.6. The molecule has 77 heavy (non-hydrogen) atoms. The van der Waals surface area contributed by atoms with E-state index >= 15 is 0 Å². The molecule has 6 nitrogen and oxygen atoms in total. The lowest BCUT2D eigenvalue weighted by atomic mass is 10.0. The predicted molar refractivity (Wildman–Crippen MR) is 338 cm³/mol. The van der Waals surface area contributed by atoms with Gasteiger partial charge < -0.3 is 20.3 Å². The van der Waals surface area contributed by atoms with Crippen LogP contribution in [-0.4, -0.2) is 47.4 Å². The summed E-state index contributed by atoms with van der Waals surface area (Å²) in [6, 6.07) is -0.541. The van der Waals surface area contributed by atoms with Crippen molar-refractivity contribution in [2.45, 2.75) is 392 Å². The number of unbranched alkanes of at least 4 members (excludes halogenated alkanes) is 48. The van der Waals surface area contributed by atoms with E-state index < -0.39 is 12.1 Å². The van der Waals surface area contributed by atoms with Crippen LogP contribution in [0.4, 0.5) is 0 Å². The lowest BCUT2D eigenvalue weighted by Gasteiger charge is -2.22. The van der Waals surface area contributed by atoms with Gasteiger partial charge in [-0.3, -0.25) is 9.59 Å². The number of carbonyl (C=O) groups is 2. The van der Waals surface area contributed by atoms with Crippen molar-refractivity contribution in [3.63, 3.8) is 0 Å². The molecule has 0 rings (SSSR count). The van der Waals surface area contributed by atoms with E-state index in [0.717, 1.165) is 51.4 Å². The Hall–Kier alpha value is -1.92. The van der Waals surface area contributed by atoms with Crippen LogP contribution in [0.1, 0.15) is 380 Å². The minimum Gasteiger partial charge on any atom is -0.466 e. The first-order valence-corrected chi connectivity index (χ1v) is 34.7. The molecule has 2 unspecified atom stereocenters. The SMILES string of the molecule is CCCCCC/C=C\C/C=C\CCCCCCCCCC(=O)OCCCCCCCCCCCCCC/C=C\CCCCCCCCCCCCCCC(=O)NC(CO)C(O)CCCCCCCCCCCCCCCC. The number of rotatable bonds is 65. The Balaban J connectivity index is 3.36. The normalized spacial score (nSPS) is 12.7. The van der Waals surface area contributed by atoms with E-state index in [1.165, 1.54) is 295 Å². The molecule has 0 saturated carbocycles. The van der Waals surface area contributed by atoms with Crippen molar-refractivity contribution in [1.82, 2.24) is 5.32 Å². The Morgan fingerprint density at radius 2 is 0.649 bits per heavy atom. The standard InChI is InChI=1S/C71H135NO5/c1-3-5-7-9-11-13-15-17-19-20-34-37-41-45-49-53-57-61-65-71(76)77-66-62-58-54-50-46-42-38-35-32-30-28-26-24-22-21-23-25-27-29-31-33-36-40-44-48-52-56-60-64-70(75)72-68(67-73)69(74)63-59-55-51-47-43-39-18-16-14-12-10-8-6-4-2/h13,15,19-22,68-69,73-74H,3-12,14,16-18,23-67H2,1-2H3,(H,72,75)/b15-13-,20-19-,22-21-. The van der Waals surface area contributed by atoms with Gasteiger partial charge in [-0.25, -0.2) is 0 Å². The summed E-state index contributed by atoms with van der Waals surface area (Å²) in [4.78, 5) is 24.6. The van der Waals surface area contributed by atoms with Crippen molar-refractivity contribution >= 4 is 11.9 Å². The molecule has 0 heterocycles. The van der Waals surface area contributed by atoms with E-state index in [2.05, 4.69) is 55.6 Å². The van der Waals surface area contributed by atoms with Gasteiger partial charge in [0, 0.05) is 12.8 Å². The topological polar surface area (TPSA) is 95.9 Å². The molecular weight excluding hydrogens is 947 g/mol. The summed E-state index contributed by atoms with van der Waals surface area (Å²) in [5.41, 5.74) is 0. The zero-order valence-electron chi connectivity index (χ0n) is 52.0. The number of ether oxygens (including phenoxy) is 1. The molecule has 2 atom stereocenters. The predicted octanol–water partition coefficient (Wildman–Crippen LogP) is 22.3. The van der Waals surface area contributed by atoms with Gasteiger partial charge in [0.25, 0.3) is 0 Å². The molecule has 0 radical (unpaired) electrons. The number of nitrogens with one attached hydrogen (secondary N) is 1. The van der Waals surface area contributed by atoms with Gasteiger partial charge in [-0.15, -0.1) is 0 Å². The summed E-state index contributed by atoms with van der Waals surface area (Å²) in [5.74, 6) is -0.0242. The zero-order valence-corrected chi connectivity index (χ0v) is 52.0. The average molecular weight is 1080 g/mol. The molecule has 454 valence electrons. The number of hydrogen-bond donors (Lipinski definition) is 3. The smallest absolute Gasteiger partial charge is 0.305 e. The van der Waals surface area contributed by atoms with Gasteiger partial charge in [0.15, 0.2) is 0 Å². The van der Waals surface area contributed by atoms with Crippen LogP contribution >= 0.6 is 0 Å². The lowest BCUT2D eigenvalue weighted by Crippen LogP contribution is -2.45. The number of carbonyl (C=O) groups excluding carboxylic acids is 2. The van der Waals surface area contributed by atoms with Crippen LogP contribution in [0.25, 0.3) is 0 Å². The minimum atomic E-state index is -0.664. The van der Waals surface area contributed by atoms with E-state index in [-0.39, 0.29) is 18.5 Å². The molecule has 0 aromatic carbocycles. The summed E-state index contributed by atoms with van der Waals surface area (Å²) >= 11 is 0. The van der Waals surface area contributed by atoms with Crippen LogP contribution in [0.3, 0.4) is 0 Å². The Morgan fingerprint density at radius 1 is 0.364 bits per heavy atom. The summed E-state index contributed by atoms with van der Waals surface area (Å²) in [6.07, 6.45) is 84.7. The van der Waals surface area contributed by atoms with Crippen molar-refractivity contribution in [3.8, 4) is 0 Å². The Labute approximate surface area is 481 Å². The highest BCUT2D eigenvalue weighted by Crippen LogP contribution is 2.18. The van der Waals surface area contributed by atoms with Crippen molar-refractivity contribution < 1.29 is 24.5 Å². The maximum atomic E-state index is 12.5. The van der Waals surface area contributed by atoms with Crippen LogP contribution in [0.5, 0.6) is 0 Å². The van der Waals surface area contributed by atoms with Crippen molar-refractivity contribution in [1.29, 1.82) is 0 Å². The summed E-state index contributed by atoms with van der Waals surface area (Å²) in [5, 5.41) is 23.3. The molecule has 0 aliphatic heterocycles. The van der Waals surface area contributed by atoms with Crippen molar-refractivity contribution in [3.05, 3.63) is 36.5 Å². The first-order chi connectivity index (χ1) is 38.0. The molecule has 0 fully saturated rings. The van der Waals surface area contributed by atoms with E-state index in [9.17, 15) is 19.8 Å². The third-order valence-electron chi connectivity index (χ3n) is 16.2. The van der Waals surface area contributed by atoms with Gasteiger partial charge in [0.05, 0.1) is 25.4 Å². The summed E-state index contributed by atoms with van der Waals surface area (Å²) in [6.45, 7) is 4.96. The molecule has 0 spiro atoms. The van der Waals surface area contributed by atoms with Crippen molar-refractivity contribution in [2.75, 3.05) is 13.2 Å². The van der Waals surface area contributed by atoms with Gasteiger partial charge >= 0.3 is 5.97 Å². The fraction of sp³-hybridized carbons (Fsp3) is 0.887. The molecule has 3 N–H and O–H groups in total. The zero-order chi connectivity index (χ0) is 55.7. The van der Waals surface area contributed by atoms with Crippen LogP contribution in [-0.2, 0) is 14.3 Å². The Morgan fingerprint density at radius 3 is 1.01 bits per heavy atom. The highest BCUT2D eigenvalue weighted by Gasteiger charge is 2.20. The molecule has 0 aromatic heterocycles. The average Bonchev–Trinajstić information content (AvgIpc) is 3.43. The monoisotopic (exact) mass is 1080 g/mol. The minimum absolute atomic E-state index is 0.00885. The van der Waals surface area contributed by atoms with Crippen LogP contribution < -0.4 is 5.32 Å². The van der Waals surface area contributed by atoms with Gasteiger partial charge in [-0.1, -0.05) is 320 Å². The molecule has 0 aliphatic rings. The van der Waals surface area contributed by atoms with E-state index in [4.69, 9.17) is 4.74 Å². The van der Waals surface area contributed by atoms with E-state index in [1.807, 2.05) is 0 Å². The maximum absolute atomic E-state index is 12.5. The summed E-state index contributed by atoms with van der Waals surface area (Å²) in [7, 11) is 0. The lowest BCUT2D eigenvalue weighted by molar-refractivity contribution is -0.143. The van der Waals surface area contributed by atoms with Crippen LogP contribution in [0, 0.1) is 0 Å².